The summed E-state index contributed by atoms with van der Waals surface area (Å²) in [6.45, 7) is 0.336. The number of benzene rings is 1. The van der Waals surface area contributed by atoms with E-state index in [2.05, 4.69) is 5.32 Å². The molecule has 92 valence electrons. The van der Waals surface area contributed by atoms with Crippen molar-refractivity contribution in [2.24, 2.45) is 5.73 Å². The summed E-state index contributed by atoms with van der Waals surface area (Å²) in [4.78, 5) is 23.9. The van der Waals surface area contributed by atoms with Gasteiger partial charge in [-0.15, -0.1) is 0 Å². The molecule has 0 radical (unpaired) electrons. The van der Waals surface area contributed by atoms with Gasteiger partial charge in [-0.2, -0.15) is 0 Å². The van der Waals surface area contributed by atoms with Crippen LogP contribution in [0.25, 0.3) is 0 Å². The summed E-state index contributed by atoms with van der Waals surface area (Å²) in [5.41, 5.74) is 6.63. The van der Waals surface area contributed by atoms with Crippen LogP contribution in [0, 0.1) is 0 Å². The monoisotopic (exact) mass is 235 g/mol. The Labute approximate surface area is 101 Å². The van der Waals surface area contributed by atoms with Crippen molar-refractivity contribution in [3.05, 3.63) is 29.8 Å². The predicted octanol–water partition coefficient (Wildman–Crippen LogP) is 0.215. The summed E-state index contributed by atoms with van der Waals surface area (Å²) in [5.74, 6) is -0.438. The molecule has 0 fully saturated rings. The second-order valence-electron chi connectivity index (χ2n) is 4.13. The first-order chi connectivity index (χ1) is 7.97. The minimum atomic E-state index is -0.366. The normalized spacial score (nSPS) is 10.3. The number of carbonyl (C=O) groups is 2. The molecule has 0 aromatic heterocycles. The largest absolute Gasteiger partial charge is 0.369 e. The number of carbonyl (C=O) groups excluding carboxylic acids is 2. The van der Waals surface area contributed by atoms with E-state index in [9.17, 15) is 9.59 Å². The van der Waals surface area contributed by atoms with Crippen molar-refractivity contribution in [2.75, 3.05) is 26.0 Å². The van der Waals surface area contributed by atoms with Crippen LogP contribution in [-0.2, 0) is 16.0 Å². The third kappa shape index (κ3) is 5.12. The lowest BCUT2D eigenvalue weighted by atomic mass is 10.1. The van der Waals surface area contributed by atoms with Gasteiger partial charge in [0.25, 0.3) is 0 Å². The summed E-state index contributed by atoms with van der Waals surface area (Å²) < 4.78 is 0. The third-order valence-electron chi connectivity index (χ3n) is 2.08. The van der Waals surface area contributed by atoms with Gasteiger partial charge in [-0.3, -0.25) is 9.59 Å². The van der Waals surface area contributed by atoms with Crippen LogP contribution in [0.2, 0.25) is 0 Å². The smallest absolute Gasteiger partial charge is 0.238 e. The maximum atomic E-state index is 11.5. The number of nitrogens with one attached hydrogen (secondary N) is 1. The first-order valence-electron chi connectivity index (χ1n) is 5.29. The highest BCUT2D eigenvalue weighted by Gasteiger charge is 2.04. The van der Waals surface area contributed by atoms with Gasteiger partial charge in [0, 0.05) is 5.69 Å². The Bertz CT molecular complexity index is 399. The molecule has 0 saturated carbocycles. The van der Waals surface area contributed by atoms with Crippen molar-refractivity contribution < 1.29 is 9.59 Å². The average Bonchev–Trinajstić information content (AvgIpc) is 2.18. The van der Waals surface area contributed by atoms with Gasteiger partial charge in [-0.05, 0) is 31.8 Å². The highest BCUT2D eigenvalue weighted by molar-refractivity contribution is 5.92. The van der Waals surface area contributed by atoms with Crippen molar-refractivity contribution in [1.82, 2.24) is 4.90 Å². The van der Waals surface area contributed by atoms with Gasteiger partial charge in [0.15, 0.2) is 0 Å². The van der Waals surface area contributed by atoms with Crippen molar-refractivity contribution in [2.45, 2.75) is 6.42 Å². The minimum absolute atomic E-state index is 0.0716. The molecule has 1 aromatic rings. The summed E-state index contributed by atoms with van der Waals surface area (Å²) in [6, 6.07) is 7.06. The molecule has 0 atom stereocenters. The first-order valence-corrected chi connectivity index (χ1v) is 5.29. The zero-order chi connectivity index (χ0) is 12.8. The van der Waals surface area contributed by atoms with Crippen LogP contribution >= 0.6 is 0 Å². The lowest BCUT2D eigenvalue weighted by Crippen LogP contribution is -2.27. The number of anilines is 1. The lowest BCUT2D eigenvalue weighted by molar-refractivity contribution is -0.118. The molecule has 0 aliphatic heterocycles. The summed E-state index contributed by atoms with van der Waals surface area (Å²) in [5, 5.41) is 2.76. The van der Waals surface area contributed by atoms with Gasteiger partial charge < -0.3 is 16.0 Å². The SMILES string of the molecule is CN(C)CC(=O)Nc1ccc(CC(N)=O)cc1. The standard InChI is InChI=1S/C12H17N3O2/c1-15(2)8-12(17)14-10-5-3-9(4-6-10)7-11(13)16/h3-6H,7-8H2,1-2H3,(H2,13,16)(H,14,17). The van der Waals surface area contributed by atoms with Crippen LogP contribution in [0.3, 0.4) is 0 Å². The van der Waals surface area contributed by atoms with E-state index in [1.807, 2.05) is 14.1 Å². The van der Waals surface area contributed by atoms with E-state index in [0.29, 0.717) is 12.2 Å². The van der Waals surface area contributed by atoms with Crippen LogP contribution < -0.4 is 11.1 Å². The molecular formula is C12H17N3O2. The van der Waals surface area contributed by atoms with E-state index in [1.165, 1.54) is 0 Å². The quantitative estimate of drug-likeness (QED) is 0.766. The van der Waals surface area contributed by atoms with E-state index < -0.39 is 0 Å². The molecule has 0 saturated heterocycles. The molecule has 1 rings (SSSR count). The first kappa shape index (κ1) is 13.2. The number of primary amides is 1. The molecule has 0 unspecified atom stereocenters. The molecule has 0 bridgehead atoms. The predicted molar refractivity (Wildman–Crippen MR) is 66.5 cm³/mol. The highest BCUT2D eigenvalue weighted by atomic mass is 16.2. The second-order valence-corrected chi connectivity index (χ2v) is 4.13. The second kappa shape index (κ2) is 6.00. The fourth-order valence-corrected chi connectivity index (χ4v) is 1.39. The molecular weight excluding hydrogens is 218 g/mol. The van der Waals surface area contributed by atoms with Crippen molar-refractivity contribution >= 4 is 17.5 Å². The van der Waals surface area contributed by atoms with Crippen molar-refractivity contribution in [1.29, 1.82) is 0 Å². The summed E-state index contributed by atoms with van der Waals surface area (Å²) >= 11 is 0. The number of nitrogens with two attached hydrogens (primary N) is 1. The molecule has 1 aromatic carbocycles. The van der Waals surface area contributed by atoms with Gasteiger partial charge in [-0.1, -0.05) is 12.1 Å². The topological polar surface area (TPSA) is 75.4 Å². The zero-order valence-corrected chi connectivity index (χ0v) is 10.1. The fraction of sp³-hybridized carbons (Fsp3) is 0.333. The Morgan fingerprint density at radius 2 is 1.82 bits per heavy atom. The van der Waals surface area contributed by atoms with Crippen LogP contribution in [0.5, 0.6) is 0 Å². The van der Waals surface area contributed by atoms with Crippen LogP contribution in [-0.4, -0.2) is 37.4 Å². The van der Waals surface area contributed by atoms with Crippen molar-refractivity contribution in [3.63, 3.8) is 0 Å². The zero-order valence-electron chi connectivity index (χ0n) is 10.1. The lowest BCUT2D eigenvalue weighted by Gasteiger charge is -2.10. The maximum absolute atomic E-state index is 11.5. The van der Waals surface area contributed by atoms with Crippen LogP contribution in [0.15, 0.2) is 24.3 Å². The van der Waals surface area contributed by atoms with Gasteiger partial charge in [0.1, 0.15) is 0 Å². The number of rotatable bonds is 5. The van der Waals surface area contributed by atoms with Crippen LogP contribution in [0.1, 0.15) is 5.56 Å². The molecule has 0 spiro atoms. The maximum Gasteiger partial charge on any atom is 0.238 e. The van der Waals surface area contributed by atoms with E-state index >= 15 is 0 Å². The molecule has 0 heterocycles. The Morgan fingerprint density at radius 3 is 2.29 bits per heavy atom. The van der Waals surface area contributed by atoms with Gasteiger partial charge in [-0.25, -0.2) is 0 Å². The molecule has 17 heavy (non-hydrogen) atoms. The Morgan fingerprint density at radius 1 is 1.24 bits per heavy atom. The Kier molecular flexibility index (Phi) is 4.66. The molecule has 5 nitrogen and oxygen atoms in total. The molecule has 5 heteroatoms. The third-order valence-corrected chi connectivity index (χ3v) is 2.08. The molecule has 0 aliphatic carbocycles. The Hall–Kier alpha value is -1.88. The van der Waals surface area contributed by atoms with Gasteiger partial charge >= 0.3 is 0 Å². The summed E-state index contributed by atoms with van der Waals surface area (Å²) in [7, 11) is 3.66. The molecule has 0 aliphatic rings. The number of amides is 2. The fourth-order valence-electron chi connectivity index (χ4n) is 1.39. The Balaban J connectivity index is 2.56. The molecule has 2 amide bonds. The number of nitrogens with zero attached hydrogens (tertiary/aromatic N) is 1. The number of likely N-dealkylation sites (N-methyl/N-ethyl adjacent to an activating group) is 1. The minimum Gasteiger partial charge on any atom is -0.369 e. The summed E-state index contributed by atoms with van der Waals surface area (Å²) in [6.07, 6.45) is 0.214. The van der Waals surface area contributed by atoms with Crippen molar-refractivity contribution in [3.8, 4) is 0 Å². The van der Waals surface area contributed by atoms with Gasteiger partial charge in [0.2, 0.25) is 11.8 Å². The van der Waals surface area contributed by atoms with E-state index in [4.69, 9.17) is 5.73 Å². The van der Waals surface area contributed by atoms with E-state index in [1.54, 1.807) is 29.2 Å². The molecule has 3 N–H and O–H groups in total. The van der Waals surface area contributed by atoms with Crippen LogP contribution in [0.4, 0.5) is 5.69 Å². The van der Waals surface area contributed by atoms with E-state index in [0.717, 1.165) is 5.56 Å². The van der Waals surface area contributed by atoms with E-state index in [-0.39, 0.29) is 18.2 Å². The van der Waals surface area contributed by atoms with Gasteiger partial charge in [0.05, 0.1) is 13.0 Å². The highest BCUT2D eigenvalue weighted by Crippen LogP contribution is 2.09. The number of hydrogen-bond donors (Lipinski definition) is 2. The number of hydrogen-bond acceptors (Lipinski definition) is 3. The average molecular weight is 235 g/mol.